The van der Waals surface area contributed by atoms with E-state index >= 15 is 0 Å². The second-order valence-electron chi connectivity index (χ2n) is 6.64. The number of β-amino-alcohol motifs (C(OH)–C–C–N with tert-alkyl or cyclic N) is 1. The van der Waals surface area contributed by atoms with Crippen LogP contribution in [0.5, 0.6) is 0 Å². The van der Waals surface area contributed by atoms with Gasteiger partial charge in [0.2, 0.25) is 0 Å². The number of likely N-dealkylation sites (tertiary alicyclic amines) is 1. The highest BCUT2D eigenvalue weighted by atomic mass is 16.5. The number of carbonyl (C=O) groups is 1. The molecule has 1 saturated heterocycles. The largest absolute Gasteiger partial charge is 0.392 e. The lowest BCUT2D eigenvalue weighted by Crippen LogP contribution is -2.37. The summed E-state index contributed by atoms with van der Waals surface area (Å²) in [6, 6.07) is 9.84. The molecular weight excluding hydrogens is 318 g/mol. The van der Waals surface area contributed by atoms with Crippen molar-refractivity contribution in [2.24, 2.45) is 0 Å². The van der Waals surface area contributed by atoms with Crippen LogP contribution in [0, 0.1) is 6.92 Å². The first kappa shape index (κ1) is 17.6. The molecule has 1 fully saturated rings. The molecule has 2 heterocycles. The van der Waals surface area contributed by atoms with Gasteiger partial charge in [0, 0.05) is 19.2 Å². The third-order valence-electron chi connectivity index (χ3n) is 4.59. The van der Waals surface area contributed by atoms with Crippen LogP contribution in [0.15, 0.2) is 34.9 Å². The van der Waals surface area contributed by atoms with Gasteiger partial charge in [-0.1, -0.05) is 29.4 Å². The van der Waals surface area contributed by atoms with Gasteiger partial charge in [0.1, 0.15) is 0 Å². The molecule has 1 aromatic carbocycles. The van der Waals surface area contributed by atoms with Crippen LogP contribution in [0.1, 0.15) is 40.2 Å². The molecule has 0 unspecified atom stereocenters. The minimum atomic E-state index is -0.277. The normalized spacial score (nSPS) is 18.2. The average molecular weight is 343 g/mol. The summed E-state index contributed by atoms with van der Waals surface area (Å²) in [5.41, 5.74) is 2.76. The second-order valence-corrected chi connectivity index (χ2v) is 6.64. The highest BCUT2D eigenvalue weighted by Crippen LogP contribution is 2.14. The minimum absolute atomic E-state index is 0.220. The molecular formula is C19H25N3O3. The number of benzene rings is 1. The van der Waals surface area contributed by atoms with E-state index in [2.05, 4.69) is 34.4 Å². The number of rotatable bonds is 6. The fraction of sp³-hybridized carbons (Fsp3) is 0.474. The lowest BCUT2D eigenvalue weighted by Gasteiger charge is -2.28. The molecule has 0 radical (unpaired) electrons. The van der Waals surface area contributed by atoms with E-state index in [1.54, 1.807) is 6.07 Å². The Kier molecular flexibility index (Phi) is 5.83. The number of nitrogens with zero attached hydrogens (tertiary/aromatic N) is 2. The van der Waals surface area contributed by atoms with E-state index in [9.17, 15) is 9.90 Å². The summed E-state index contributed by atoms with van der Waals surface area (Å²) >= 11 is 0. The van der Waals surface area contributed by atoms with Gasteiger partial charge in [0.05, 0.1) is 12.6 Å². The molecule has 3 rings (SSSR count). The summed E-state index contributed by atoms with van der Waals surface area (Å²) in [6.07, 6.45) is 2.33. The first-order valence-electron chi connectivity index (χ1n) is 8.80. The first-order valence-corrected chi connectivity index (χ1v) is 8.80. The number of aliphatic hydroxyl groups is 1. The van der Waals surface area contributed by atoms with Gasteiger partial charge >= 0.3 is 0 Å². The lowest BCUT2D eigenvalue weighted by molar-refractivity contribution is 0.0622. The number of amides is 1. The lowest BCUT2D eigenvalue weighted by atomic mass is 10.1. The Labute approximate surface area is 147 Å². The van der Waals surface area contributed by atoms with Crippen LogP contribution in [-0.2, 0) is 13.0 Å². The number of aliphatic hydroxyl groups excluding tert-OH is 1. The van der Waals surface area contributed by atoms with Crippen molar-refractivity contribution in [1.29, 1.82) is 0 Å². The van der Waals surface area contributed by atoms with Crippen molar-refractivity contribution in [3.05, 3.63) is 52.9 Å². The van der Waals surface area contributed by atoms with Gasteiger partial charge in [-0.2, -0.15) is 0 Å². The van der Waals surface area contributed by atoms with Gasteiger partial charge in [-0.25, -0.2) is 0 Å². The minimum Gasteiger partial charge on any atom is -0.392 e. The van der Waals surface area contributed by atoms with Crippen LogP contribution in [0.3, 0.4) is 0 Å². The highest BCUT2D eigenvalue weighted by molar-refractivity contribution is 5.92. The van der Waals surface area contributed by atoms with E-state index in [0.29, 0.717) is 31.1 Å². The third-order valence-corrected chi connectivity index (χ3v) is 4.59. The van der Waals surface area contributed by atoms with Gasteiger partial charge in [-0.15, -0.1) is 0 Å². The Bertz CT molecular complexity index is 713. The van der Waals surface area contributed by atoms with Crippen LogP contribution in [-0.4, -0.2) is 46.8 Å². The quantitative estimate of drug-likeness (QED) is 0.838. The van der Waals surface area contributed by atoms with E-state index in [0.717, 1.165) is 25.8 Å². The summed E-state index contributed by atoms with van der Waals surface area (Å²) in [4.78, 5) is 14.3. The van der Waals surface area contributed by atoms with Crippen molar-refractivity contribution in [2.75, 3.05) is 19.6 Å². The van der Waals surface area contributed by atoms with Crippen LogP contribution in [0.4, 0.5) is 0 Å². The summed E-state index contributed by atoms with van der Waals surface area (Å²) in [7, 11) is 0. The number of nitrogens with one attached hydrogen (secondary N) is 1. The van der Waals surface area contributed by atoms with E-state index in [4.69, 9.17) is 4.52 Å². The van der Waals surface area contributed by atoms with Crippen LogP contribution in [0.2, 0.25) is 0 Å². The SMILES string of the molecule is Cc1ccccc1CCNC(=O)c1cc(CN2CCC[C@H](O)C2)on1. The van der Waals surface area contributed by atoms with E-state index in [-0.39, 0.29) is 12.0 Å². The molecule has 1 aliphatic heterocycles. The maximum atomic E-state index is 12.2. The van der Waals surface area contributed by atoms with Gasteiger partial charge in [-0.3, -0.25) is 9.69 Å². The molecule has 6 heteroatoms. The van der Waals surface area contributed by atoms with Gasteiger partial charge in [0.15, 0.2) is 11.5 Å². The molecule has 0 bridgehead atoms. The van der Waals surface area contributed by atoms with Crippen LogP contribution < -0.4 is 5.32 Å². The Morgan fingerprint density at radius 3 is 3.08 bits per heavy atom. The standard InChI is InChI=1S/C19H25N3O3/c1-14-5-2-3-6-15(14)8-9-20-19(24)18-11-17(25-21-18)13-22-10-4-7-16(23)12-22/h2-3,5-6,11,16,23H,4,7-10,12-13H2,1H3,(H,20,24)/t16-/m0/s1. The number of hydrogen-bond acceptors (Lipinski definition) is 5. The number of carbonyl (C=O) groups excluding carboxylic acids is 1. The highest BCUT2D eigenvalue weighted by Gasteiger charge is 2.20. The molecule has 1 amide bonds. The van der Waals surface area contributed by atoms with E-state index in [1.807, 2.05) is 12.1 Å². The van der Waals surface area contributed by atoms with Crippen LogP contribution >= 0.6 is 0 Å². The molecule has 0 spiro atoms. The topological polar surface area (TPSA) is 78.6 Å². The van der Waals surface area contributed by atoms with Crippen molar-refractivity contribution < 1.29 is 14.4 Å². The maximum absolute atomic E-state index is 12.2. The fourth-order valence-electron chi connectivity index (χ4n) is 3.18. The molecule has 6 nitrogen and oxygen atoms in total. The van der Waals surface area contributed by atoms with Crippen molar-refractivity contribution in [3.8, 4) is 0 Å². The van der Waals surface area contributed by atoms with Gasteiger partial charge in [-0.05, 0) is 43.9 Å². The molecule has 2 N–H and O–H groups in total. The number of hydrogen-bond donors (Lipinski definition) is 2. The Morgan fingerprint density at radius 1 is 1.44 bits per heavy atom. The Hall–Kier alpha value is -2.18. The zero-order valence-electron chi connectivity index (χ0n) is 14.6. The fourth-order valence-corrected chi connectivity index (χ4v) is 3.18. The van der Waals surface area contributed by atoms with Crippen molar-refractivity contribution >= 4 is 5.91 Å². The van der Waals surface area contributed by atoms with E-state index < -0.39 is 0 Å². The number of aromatic nitrogens is 1. The Balaban J connectivity index is 1.48. The maximum Gasteiger partial charge on any atom is 0.273 e. The monoisotopic (exact) mass is 343 g/mol. The summed E-state index contributed by atoms with van der Waals surface area (Å²) in [5, 5.41) is 16.5. The molecule has 134 valence electrons. The van der Waals surface area contributed by atoms with Crippen LogP contribution in [0.25, 0.3) is 0 Å². The molecule has 2 aromatic rings. The van der Waals surface area contributed by atoms with E-state index in [1.165, 1.54) is 11.1 Å². The third kappa shape index (κ3) is 4.90. The van der Waals surface area contributed by atoms with Crippen molar-refractivity contribution in [2.45, 2.75) is 38.8 Å². The zero-order chi connectivity index (χ0) is 17.6. The predicted molar refractivity (Wildman–Crippen MR) is 94.2 cm³/mol. The molecule has 1 aromatic heterocycles. The molecule has 1 atom stereocenters. The predicted octanol–water partition coefficient (Wildman–Crippen LogP) is 1.91. The number of aryl methyl sites for hydroxylation is 1. The first-order chi connectivity index (χ1) is 12.1. The summed E-state index contributed by atoms with van der Waals surface area (Å²) < 4.78 is 5.27. The molecule has 0 saturated carbocycles. The molecule has 0 aliphatic carbocycles. The number of piperidine rings is 1. The van der Waals surface area contributed by atoms with Gasteiger partial charge < -0.3 is 14.9 Å². The molecule has 25 heavy (non-hydrogen) atoms. The average Bonchev–Trinajstić information content (AvgIpc) is 3.05. The zero-order valence-corrected chi connectivity index (χ0v) is 14.6. The van der Waals surface area contributed by atoms with Crippen molar-refractivity contribution in [1.82, 2.24) is 15.4 Å². The Morgan fingerprint density at radius 2 is 2.28 bits per heavy atom. The summed E-state index contributed by atoms with van der Waals surface area (Å²) in [6.45, 7) is 4.76. The van der Waals surface area contributed by atoms with Gasteiger partial charge in [0.25, 0.3) is 5.91 Å². The van der Waals surface area contributed by atoms with Crippen molar-refractivity contribution in [3.63, 3.8) is 0 Å². The summed E-state index contributed by atoms with van der Waals surface area (Å²) in [5.74, 6) is 0.431. The molecule has 1 aliphatic rings. The second kappa shape index (κ2) is 8.27. The smallest absolute Gasteiger partial charge is 0.273 e.